The first-order chi connectivity index (χ1) is 20.3. The number of rotatable bonds is 4. The van der Waals surface area contributed by atoms with Gasteiger partial charge in [0.15, 0.2) is 0 Å². The lowest BCUT2D eigenvalue weighted by atomic mass is 9.89. The van der Waals surface area contributed by atoms with Crippen LogP contribution < -0.4 is 0 Å². The lowest BCUT2D eigenvalue weighted by molar-refractivity contribution is -0.398. The number of nitrogens with zero attached hydrogens (tertiary/aromatic N) is 3. The molecular weight excluding hydrogens is 542 g/mol. The number of fused-ring (bicyclic) bond motifs is 2. The van der Waals surface area contributed by atoms with Crippen molar-refractivity contribution in [1.29, 1.82) is 5.26 Å². The molecule has 4 aliphatic rings. The molecule has 11 nitrogen and oxygen atoms in total. The van der Waals surface area contributed by atoms with Gasteiger partial charge in [0.05, 0.1) is 23.6 Å². The van der Waals surface area contributed by atoms with E-state index in [1.807, 2.05) is 18.2 Å². The maximum absolute atomic E-state index is 12.9. The van der Waals surface area contributed by atoms with Gasteiger partial charge in [-0.1, -0.05) is 30.3 Å². The molecule has 2 aromatic rings. The molecule has 42 heavy (non-hydrogen) atoms. The molecule has 0 aromatic heterocycles. The minimum Gasteiger partial charge on any atom is -0.404 e. The smallest absolute Gasteiger partial charge is 0.355 e. The highest BCUT2D eigenvalue weighted by molar-refractivity contribution is 5.94. The zero-order valence-corrected chi connectivity index (χ0v) is 22.6. The van der Waals surface area contributed by atoms with Crippen LogP contribution in [-0.4, -0.2) is 59.2 Å². The Morgan fingerprint density at radius 3 is 2.07 bits per heavy atom. The topological polar surface area (TPSA) is 135 Å². The van der Waals surface area contributed by atoms with Crippen LogP contribution in [0.1, 0.15) is 35.1 Å². The average Bonchev–Trinajstić information content (AvgIpc) is 3.22. The van der Waals surface area contributed by atoms with E-state index in [0.717, 1.165) is 29.9 Å². The summed E-state index contributed by atoms with van der Waals surface area (Å²) in [6, 6.07) is 16.5. The van der Waals surface area contributed by atoms with E-state index in [9.17, 15) is 24.4 Å². The normalized spacial score (nSPS) is 21.9. The zero-order valence-electron chi connectivity index (χ0n) is 22.6. The summed E-state index contributed by atoms with van der Waals surface area (Å²) < 4.78 is 23.3. The van der Waals surface area contributed by atoms with E-state index in [2.05, 4.69) is 11.0 Å². The second-order valence-corrected chi connectivity index (χ2v) is 10.6. The van der Waals surface area contributed by atoms with E-state index in [-0.39, 0.29) is 18.9 Å². The number of esters is 4. The van der Waals surface area contributed by atoms with Gasteiger partial charge in [-0.15, -0.1) is 0 Å². The summed E-state index contributed by atoms with van der Waals surface area (Å²) >= 11 is 0. The largest absolute Gasteiger partial charge is 0.404 e. The van der Waals surface area contributed by atoms with Crippen molar-refractivity contribution in [2.75, 3.05) is 19.6 Å². The summed E-state index contributed by atoms with van der Waals surface area (Å²) in [5.74, 6) is -7.66. The van der Waals surface area contributed by atoms with E-state index >= 15 is 0 Å². The molecule has 6 rings (SSSR count). The molecule has 0 saturated carbocycles. The monoisotopic (exact) mass is 569 g/mol. The number of benzene rings is 2. The molecule has 0 radical (unpaired) electrons. The predicted octanol–water partition coefficient (Wildman–Crippen LogP) is 2.41. The van der Waals surface area contributed by atoms with Crippen LogP contribution in [0, 0.1) is 17.2 Å². The first-order valence-electron chi connectivity index (χ1n) is 13.6. The molecule has 0 amide bonds. The molecule has 214 valence electrons. The summed E-state index contributed by atoms with van der Waals surface area (Å²) in [4.78, 5) is 54.9. The standard InChI is InChI=1S/C31H27N3O8/c32-18-22-4-3-5-23(16-22)19-33-14-12-21(13-15-33)20-34-30(39-26(35)8-9-27(36)40-30)17-24-6-1-2-7-25(24)31(34)41-28(37)10-11-29(38)42-31/h1-11,16,21H,12-15,17,19-20H2. The van der Waals surface area contributed by atoms with Crippen LogP contribution in [0.15, 0.2) is 72.8 Å². The molecule has 0 unspecified atom stereocenters. The third-order valence-electron chi connectivity index (χ3n) is 7.86. The Labute approximate surface area is 241 Å². The fraction of sp³-hybridized carbons (Fsp3) is 0.323. The van der Waals surface area contributed by atoms with Gasteiger partial charge in [0.2, 0.25) is 0 Å². The average molecular weight is 570 g/mol. The molecule has 4 heterocycles. The molecule has 0 bridgehead atoms. The number of likely N-dealkylation sites (tertiary alicyclic amines) is 1. The van der Waals surface area contributed by atoms with Crippen molar-refractivity contribution < 1.29 is 38.1 Å². The number of hydrogen-bond donors (Lipinski definition) is 0. The lowest BCUT2D eigenvalue weighted by Crippen LogP contribution is -2.69. The van der Waals surface area contributed by atoms with Gasteiger partial charge in [0, 0.05) is 37.4 Å². The van der Waals surface area contributed by atoms with Crippen molar-refractivity contribution >= 4 is 23.9 Å². The van der Waals surface area contributed by atoms with E-state index in [4.69, 9.17) is 18.9 Å². The predicted molar refractivity (Wildman–Crippen MR) is 143 cm³/mol. The molecule has 1 saturated heterocycles. The van der Waals surface area contributed by atoms with Crippen molar-refractivity contribution in [3.63, 3.8) is 0 Å². The zero-order chi connectivity index (χ0) is 29.3. The van der Waals surface area contributed by atoms with Gasteiger partial charge in [-0.05, 0) is 61.2 Å². The van der Waals surface area contributed by atoms with Crippen LogP contribution in [0.25, 0.3) is 0 Å². The Hall–Kier alpha value is -4.79. The van der Waals surface area contributed by atoms with Gasteiger partial charge in [-0.2, -0.15) is 10.2 Å². The Bertz CT molecular complexity index is 1510. The first kappa shape index (κ1) is 27.4. The Balaban J connectivity index is 1.34. The number of piperidine rings is 1. The molecule has 0 N–H and O–H groups in total. The third-order valence-corrected chi connectivity index (χ3v) is 7.86. The lowest BCUT2D eigenvalue weighted by Gasteiger charge is -2.53. The van der Waals surface area contributed by atoms with E-state index in [1.54, 1.807) is 30.3 Å². The van der Waals surface area contributed by atoms with Gasteiger partial charge < -0.3 is 18.9 Å². The molecule has 1 fully saturated rings. The fourth-order valence-corrected chi connectivity index (χ4v) is 5.97. The molecule has 2 aromatic carbocycles. The van der Waals surface area contributed by atoms with Crippen LogP contribution in [-0.2, 0) is 57.0 Å². The third kappa shape index (κ3) is 5.18. The van der Waals surface area contributed by atoms with Crippen molar-refractivity contribution in [2.24, 2.45) is 5.92 Å². The van der Waals surface area contributed by atoms with Crippen LogP contribution in [0.4, 0.5) is 0 Å². The highest BCUT2D eigenvalue weighted by Gasteiger charge is 2.64. The van der Waals surface area contributed by atoms with Crippen LogP contribution in [0.3, 0.4) is 0 Å². The number of carbonyl (C=O) groups excluding carboxylic acids is 4. The van der Waals surface area contributed by atoms with Crippen LogP contribution in [0.5, 0.6) is 0 Å². The Morgan fingerprint density at radius 1 is 0.810 bits per heavy atom. The van der Waals surface area contributed by atoms with Gasteiger partial charge in [0.1, 0.15) is 0 Å². The number of nitriles is 1. The van der Waals surface area contributed by atoms with Crippen LogP contribution in [0.2, 0.25) is 0 Å². The second kappa shape index (κ2) is 10.9. The van der Waals surface area contributed by atoms with Gasteiger partial charge in [-0.25, -0.2) is 19.2 Å². The summed E-state index contributed by atoms with van der Waals surface area (Å²) in [6.45, 7) is 2.21. The van der Waals surface area contributed by atoms with Gasteiger partial charge in [-0.3, -0.25) is 4.90 Å². The number of ether oxygens (including phenoxy) is 4. The number of hydrogen-bond acceptors (Lipinski definition) is 11. The molecule has 11 heteroatoms. The first-order valence-corrected chi connectivity index (χ1v) is 13.6. The van der Waals surface area contributed by atoms with E-state index in [0.29, 0.717) is 49.2 Å². The second-order valence-electron chi connectivity index (χ2n) is 10.6. The fourth-order valence-electron chi connectivity index (χ4n) is 5.97. The quantitative estimate of drug-likeness (QED) is 0.502. The Morgan fingerprint density at radius 2 is 1.43 bits per heavy atom. The minimum absolute atomic E-state index is 0.0482. The van der Waals surface area contributed by atoms with Gasteiger partial charge in [0.25, 0.3) is 0 Å². The minimum atomic E-state index is -2.17. The molecule has 0 atom stereocenters. The molecule has 0 aliphatic carbocycles. The summed E-state index contributed by atoms with van der Waals surface area (Å²) in [7, 11) is 0. The SMILES string of the molecule is N#Cc1cccc(CN2CCC(CN3C4(Cc5ccccc5C35OC(=O)C=CC(=O)O5)OC(=O)C=CC(=O)O4)CC2)c1. The molecule has 2 spiro atoms. The van der Waals surface area contributed by atoms with Gasteiger partial charge >= 0.3 is 35.7 Å². The summed E-state index contributed by atoms with van der Waals surface area (Å²) in [6.07, 6.45) is 5.17. The van der Waals surface area contributed by atoms with Crippen molar-refractivity contribution in [2.45, 2.75) is 37.6 Å². The highest BCUT2D eigenvalue weighted by atomic mass is 16.8. The maximum Gasteiger partial charge on any atom is 0.355 e. The van der Waals surface area contributed by atoms with E-state index in [1.165, 1.54) is 4.90 Å². The molecular formula is C31H27N3O8. The van der Waals surface area contributed by atoms with Crippen molar-refractivity contribution in [3.05, 3.63) is 95.1 Å². The maximum atomic E-state index is 12.9. The van der Waals surface area contributed by atoms with Crippen molar-refractivity contribution in [3.8, 4) is 6.07 Å². The number of carbonyl (C=O) groups is 4. The highest BCUT2D eigenvalue weighted by Crippen LogP contribution is 2.48. The van der Waals surface area contributed by atoms with E-state index < -0.39 is 35.7 Å². The van der Waals surface area contributed by atoms with Crippen LogP contribution >= 0.6 is 0 Å². The summed E-state index contributed by atoms with van der Waals surface area (Å²) in [5.41, 5.74) is 2.51. The summed E-state index contributed by atoms with van der Waals surface area (Å²) in [5, 5.41) is 9.23. The van der Waals surface area contributed by atoms with Crippen molar-refractivity contribution in [1.82, 2.24) is 9.80 Å². The Kier molecular flexibility index (Phi) is 7.10. The molecule has 4 aliphatic heterocycles.